The number of likely N-dealkylation sites (tertiary alicyclic amines) is 1. The molecule has 1 fully saturated rings. The maximum Gasteiger partial charge on any atom is 0.218 e. The molecule has 1 saturated heterocycles. The third-order valence-electron chi connectivity index (χ3n) is 3.15. The molecular formula is C14H24N4O. The van der Waals surface area contributed by atoms with Crippen LogP contribution >= 0.6 is 0 Å². The fourth-order valence-electron chi connectivity index (χ4n) is 2.27. The van der Waals surface area contributed by atoms with Crippen LogP contribution in [0.5, 0.6) is 5.88 Å². The fraction of sp³-hybridized carbons (Fsp3) is 0.714. The Labute approximate surface area is 115 Å². The summed E-state index contributed by atoms with van der Waals surface area (Å²) in [6, 6.07) is 1.86. The summed E-state index contributed by atoms with van der Waals surface area (Å²) in [5.41, 5.74) is 0. The molecule has 1 aromatic rings. The molecular weight excluding hydrogens is 240 g/mol. The molecule has 0 bridgehead atoms. The highest BCUT2D eigenvalue weighted by molar-refractivity contribution is 5.36. The molecule has 0 aliphatic carbocycles. The van der Waals surface area contributed by atoms with Crippen LogP contribution in [0.3, 0.4) is 0 Å². The molecule has 0 aromatic carbocycles. The lowest BCUT2D eigenvalue weighted by Gasteiger charge is -2.14. The summed E-state index contributed by atoms with van der Waals surface area (Å²) in [4.78, 5) is 10.8. The Morgan fingerprint density at radius 3 is 2.84 bits per heavy atom. The van der Waals surface area contributed by atoms with Crippen LogP contribution in [0.1, 0.15) is 33.1 Å². The van der Waals surface area contributed by atoms with Crippen LogP contribution in [0.25, 0.3) is 0 Å². The molecule has 0 unspecified atom stereocenters. The smallest absolute Gasteiger partial charge is 0.218 e. The molecule has 5 heteroatoms. The van der Waals surface area contributed by atoms with E-state index in [9.17, 15) is 0 Å². The van der Waals surface area contributed by atoms with E-state index in [-0.39, 0.29) is 6.10 Å². The van der Waals surface area contributed by atoms with E-state index >= 15 is 0 Å². The van der Waals surface area contributed by atoms with Gasteiger partial charge in [-0.15, -0.1) is 0 Å². The predicted octanol–water partition coefficient (Wildman–Crippen LogP) is 2.16. The van der Waals surface area contributed by atoms with Gasteiger partial charge in [0.15, 0.2) is 0 Å². The van der Waals surface area contributed by atoms with Crippen LogP contribution in [0.4, 0.5) is 5.82 Å². The van der Waals surface area contributed by atoms with E-state index in [1.165, 1.54) is 32.5 Å². The van der Waals surface area contributed by atoms with Crippen molar-refractivity contribution in [2.45, 2.75) is 39.2 Å². The van der Waals surface area contributed by atoms with Crippen molar-refractivity contribution in [3.05, 3.63) is 12.4 Å². The number of nitrogens with one attached hydrogen (secondary N) is 1. The van der Waals surface area contributed by atoms with Gasteiger partial charge in [0.2, 0.25) is 5.88 Å². The summed E-state index contributed by atoms with van der Waals surface area (Å²) in [7, 11) is 0. The monoisotopic (exact) mass is 264 g/mol. The van der Waals surface area contributed by atoms with Crippen LogP contribution in [0.2, 0.25) is 0 Å². The van der Waals surface area contributed by atoms with E-state index in [1.54, 1.807) is 6.33 Å². The van der Waals surface area contributed by atoms with Gasteiger partial charge in [0.25, 0.3) is 0 Å². The Balaban J connectivity index is 1.69. The van der Waals surface area contributed by atoms with E-state index in [0.29, 0.717) is 5.88 Å². The minimum atomic E-state index is 0.137. The van der Waals surface area contributed by atoms with Gasteiger partial charge in [-0.2, -0.15) is 0 Å². The topological polar surface area (TPSA) is 50.3 Å². The third-order valence-corrected chi connectivity index (χ3v) is 3.15. The standard InChI is InChI=1S/C14H24N4O/c1-12(2)19-14-10-13(16-11-17-14)15-6-5-9-18-7-3-4-8-18/h10-12H,3-9H2,1-2H3,(H,15,16,17). The van der Waals surface area contributed by atoms with Gasteiger partial charge in [-0.1, -0.05) is 0 Å². The molecule has 1 N–H and O–H groups in total. The molecule has 0 saturated carbocycles. The lowest BCUT2D eigenvalue weighted by molar-refractivity contribution is 0.232. The number of ether oxygens (including phenoxy) is 1. The van der Waals surface area contributed by atoms with Gasteiger partial charge in [0, 0.05) is 12.6 Å². The van der Waals surface area contributed by atoms with Crippen molar-refractivity contribution >= 4 is 5.82 Å². The van der Waals surface area contributed by atoms with E-state index in [4.69, 9.17) is 4.74 Å². The van der Waals surface area contributed by atoms with Crippen LogP contribution in [0, 0.1) is 0 Å². The van der Waals surface area contributed by atoms with Crippen LogP contribution < -0.4 is 10.1 Å². The number of hydrogen-bond donors (Lipinski definition) is 1. The van der Waals surface area contributed by atoms with E-state index < -0.39 is 0 Å². The first-order chi connectivity index (χ1) is 9.24. The van der Waals surface area contributed by atoms with Crippen molar-refractivity contribution in [1.29, 1.82) is 0 Å². The molecule has 1 aliphatic rings. The average Bonchev–Trinajstić information content (AvgIpc) is 2.87. The second-order valence-electron chi connectivity index (χ2n) is 5.24. The van der Waals surface area contributed by atoms with Crippen molar-refractivity contribution in [2.24, 2.45) is 0 Å². The van der Waals surface area contributed by atoms with Crippen LogP contribution in [-0.2, 0) is 0 Å². The largest absolute Gasteiger partial charge is 0.475 e. The third kappa shape index (κ3) is 5.03. The van der Waals surface area contributed by atoms with Crippen molar-refractivity contribution in [3.63, 3.8) is 0 Å². The summed E-state index contributed by atoms with van der Waals surface area (Å²) in [5.74, 6) is 1.47. The summed E-state index contributed by atoms with van der Waals surface area (Å²) in [5, 5.41) is 3.32. The molecule has 106 valence electrons. The quantitative estimate of drug-likeness (QED) is 0.765. The van der Waals surface area contributed by atoms with Gasteiger partial charge >= 0.3 is 0 Å². The SMILES string of the molecule is CC(C)Oc1cc(NCCCN2CCCC2)ncn1. The molecule has 0 amide bonds. The van der Waals surface area contributed by atoms with Gasteiger partial charge in [0.1, 0.15) is 12.1 Å². The molecule has 1 aromatic heterocycles. The molecule has 0 spiro atoms. The maximum absolute atomic E-state index is 5.54. The number of aromatic nitrogens is 2. The summed E-state index contributed by atoms with van der Waals surface area (Å²) in [6.45, 7) is 8.62. The predicted molar refractivity (Wildman–Crippen MR) is 76.6 cm³/mol. The molecule has 19 heavy (non-hydrogen) atoms. The summed E-state index contributed by atoms with van der Waals surface area (Å²) >= 11 is 0. The molecule has 0 radical (unpaired) electrons. The van der Waals surface area contributed by atoms with E-state index in [1.807, 2.05) is 19.9 Å². The highest BCUT2D eigenvalue weighted by Crippen LogP contribution is 2.12. The fourth-order valence-corrected chi connectivity index (χ4v) is 2.27. The molecule has 2 heterocycles. The van der Waals surface area contributed by atoms with Gasteiger partial charge in [0.05, 0.1) is 6.10 Å². The second-order valence-corrected chi connectivity index (χ2v) is 5.24. The van der Waals surface area contributed by atoms with Gasteiger partial charge < -0.3 is 15.0 Å². The number of nitrogens with zero attached hydrogens (tertiary/aromatic N) is 3. The highest BCUT2D eigenvalue weighted by atomic mass is 16.5. The Bertz CT molecular complexity index is 377. The minimum Gasteiger partial charge on any atom is -0.475 e. The summed E-state index contributed by atoms with van der Waals surface area (Å²) in [6.07, 6.45) is 5.54. The van der Waals surface area contributed by atoms with E-state index in [2.05, 4.69) is 20.2 Å². The number of hydrogen-bond acceptors (Lipinski definition) is 5. The van der Waals surface area contributed by atoms with Crippen molar-refractivity contribution in [3.8, 4) is 5.88 Å². The number of anilines is 1. The normalized spacial score (nSPS) is 15.9. The zero-order chi connectivity index (χ0) is 13.5. The average molecular weight is 264 g/mol. The van der Waals surface area contributed by atoms with Gasteiger partial charge in [-0.05, 0) is 52.7 Å². The zero-order valence-corrected chi connectivity index (χ0v) is 11.9. The maximum atomic E-state index is 5.54. The first-order valence-electron chi connectivity index (χ1n) is 7.19. The molecule has 0 atom stereocenters. The second kappa shape index (κ2) is 7.28. The Kier molecular flexibility index (Phi) is 5.39. The van der Waals surface area contributed by atoms with Crippen molar-refractivity contribution in [2.75, 3.05) is 31.5 Å². The van der Waals surface area contributed by atoms with E-state index in [0.717, 1.165) is 18.8 Å². The summed E-state index contributed by atoms with van der Waals surface area (Å²) < 4.78 is 5.54. The van der Waals surface area contributed by atoms with Gasteiger partial charge in [-0.3, -0.25) is 0 Å². The highest BCUT2D eigenvalue weighted by Gasteiger charge is 2.10. The lowest BCUT2D eigenvalue weighted by atomic mass is 10.4. The Morgan fingerprint density at radius 1 is 1.32 bits per heavy atom. The van der Waals surface area contributed by atoms with Crippen molar-refractivity contribution < 1.29 is 4.74 Å². The Morgan fingerprint density at radius 2 is 2.11 bits per heavy atom. The molecule has 5 nitrogen and oxygen atoms in total. The zero-order valence-electron chi connectivity index (χ0n) is 11.9. The van der Waals surface area contributed by atoms with Crippen molar-refractivity contribution in [1.82, 2.24) is 14.9 Å². The van der Waals surface area contributed by atoms with Crippen LogP contribution in [0.15, 0.2) is 12.4 Å². The lowest BCUT2D eigenvalue weighted by Crippen LogP contribution is -2.22. The van der Waals surface area contributed by atoms with Gasteiger partial charge in [-0.25, -0.2) is 9.97 Å². The number of rotatable bonds is 7. The first-order valence-corrected chi connectivity index (χ1v) is 7.19. The first kappa shape index (κ1) is 14.1. The molecule has 1 aliphatic heterocycles. The van der Waals surface area contributed by atoms with Crippen LogP contribution in [-0.4, -0.2) is 47.2 Å². The minimum absolute atomic E-state index is 0.137. The Hall–Kier alpha value is -1.36. The molecule has 2 rings (SSSR count).